The molecule has 0 saturated carbocycles. The van der Waals surface area contributed by atoms with Gasteiger partial charge in [0.05, 0.1) is 0 Å². The Hall–Kier alpha value is 0.477. The van der Waals surface area contributed by atoms with Crippen LogP contribution in [-0.2, 0) is 24.5 Å². The Labute approximate surface area is 47.9 Å². The second kappa shape index (κ2) is 2.62. The van der Waals surface area contributed by atoms with E-state index >= 15 is 0 Å². The summed E-state index contributed by atoms with van der Waals surface area (Å²) in [7, 11) is 0. The molecule has 0 aromatic heterocycles. The van der Waals surface area contributed by atoms with Crippen molar-refractivity contribution in [2.24, 2.45) is 0 Å². The zero-order valence-electron chi connectivity index (χ0n) is 3.01. The number of hydrogen-bond acceptors (Lipinski definition) is 4. The van der Waals surface area contributed by atoms with E-state index in [1.807, 2.05) is 0 Å². The van der Waals surface area contributed by atoms with Gasteiger partial charge in [-0.15, -0.1) is 0 Å². The van der Waals surface area contributed by atoms with Gasteiger partial charge in [0.25, 0.3) is 0 Å². The van der Waals surface area contributed by atoms with Gasteiger partial charge in [0, 0.05) is 0 Å². The molecule has 32 valence electrons. The molecule has 0 aromatic rings. The van der Waals surface area contributed by atoms with E-state index in [9.17, 15) is 0 Å². The molecule has 0 saturated heterocycles. The molecule has 0 bridgehead atoms. The Morgan fingerprint density at radius 2 is 1.17 bits per heavy atom. The molecule has 0 unspecified atom stereocenters. The van der Waals surface area contributed by atoms with Crippen molar-refractivity contribution >= 4 is 0 Å². The van der Waals surface area contributed by atoms with Crippen LogP contribution in [0.3, 0.4) is 0 Å². The van der Waals surface area contributed by atoms with Crippen molar-refractivity contribution in [2.75, 3.05) is 0 Å². The van der Waals surface area contributed by atoms with Gasteiger partial charge in [0.2, 0.25) is 0 Å². The standard InChI is InChI=1S/Li.Mn.4O/q+1;;;;;-1. The van der Waals surface area contributed by atoms with Gasteiger partial charge < -0.3 is 0 Å². The summed E-state index contributed by atoms with van der Waals surface area (Å²) >= 11 is -5.62. The molecular weight excluding hydrogens is 126 g/mol. The SMILES string of the molecule is [Li+].[O]=[Mn](=[O])(=[O])[O-]. The quantitative estimate of drug-likeness (QED) is 0.306. The molecule has 0 N–H and O–H groups in total. The van der Waals surface area contributed by atoms with Crippen molar-refractivity contribution in [3.8, 4) is 0 Å². The summed E-state index contributed by atoms with van der Waals surface area (Å²) in [5, 5.41) is 0. The summed E-state index contributed by atoms with van der Waals surface area (Å²) in [5.41, 5.74) is 0. The van der Waals surface area contributed by atoms with Gasteiger partial charge in [-0.3, -0.25) is 0 Å². The van der Waals surface area contributed by atoms with Crippen molar-refractivity contribution < 1.29 is 47.5 Å². The van der Waals surface area contributed by atoms with Crippen LogP contribution in [0.4, 0.5) is 0 Å². The molecule has 6 heteroatoms. The molecule has 0 aromatic carbocycles. The van der Waals surface area contributed by atoms with E-state index in [-0.39, 0.29) is 18.9 Å². The molecule has 0 atom stereocenters. The summed E-state index contributed by atoms with van der Waals surface area (Å²) in [6.07, 6.45) is 0. The van der Waals surface area contributed by atoms with Crippen LogP contribution < -0.4 is 23.0 Å². The zero-order valence-corrected chi connectivity index (χ0v) is 4.19. The molecular formula is LiMnO4. The first kappa shape index (κ1) is 9.69. The molecule has 0 radical (unpaired) electrons. The van der Waals surface area contributed by atoms with Crippen LogP contribution >= 0.6 is 0 Å². The Morgan fingerprint density at radius 1 is 1.17 bits per heavy atom. The second-order valence-corrected chi connectivity index (χ2v) is 1.56. The average molecular weight is 126 g/mol. The first-order chi connectivity index (χ1) is 2.00. The van der Waals surface area contributed by atoms with Crippen LogP contribution in [0.15, 0.2) is 0 Å². The molecule has 0 amide bonds. The average Bonchev–Trinajstić information content (AvgIpc) is 0.722. The molecule has 0 aliphatic rings. The molecule has 0 fully saturated rings. The minimum absolute atomic E-state index is 0. The monoisotopic (exact) mass is 126 g/mol. The maximum absolute atomic E-state index is 8.58. The van der Waals surface area contributed by atoms with E-state index in [0.29, 0.717) is 0 Å². The summed E-state index contributed by atoms with van der Waals surface area (Å²) < 4.78 is 34.3. The van der Waals surface area contributed by atoms with E-state index in [0.717, 1.165) is 0 Å². The van der Waals surface area contributed by atoms with Crippen molar-refractivity contribution in [3.63, 3.8) is 0 Å². The first-order valence-corrected chi connectivity index (χ1v) is 2.54. The van der Waals surface area contributed by atoms with Gasteiger partial charge in [-0.25, -0.2) is 0 Å². The summed E-state index contributed by atoms with van der Waals surface area (Å²) in [6, 6.07) is 0. The molecule has 4 nitrogen and oxygen atoms in total. The Balaban J connectivity index is 0. The third-order valence-corrected chi connectivity index (χ3v) is 0. The summed E-state index contributed by atoms with van der Waals surface area (Å²) in [6.45, 7) is 0. The first-order valence-electron chi connectivity index (χ1n) is 0.617. The molecule has 6 heavy (non-hydrogen) atoms. The summed E-state index contributed by atoms with van der Waals surface area (Å²) in [5.74, 6) is 0. The third kappa shape index (κ3) is 238. The third-order valence-electron chi connectivity index (χ3n) is 0. The Morgan fingerprint density at radius 3 is 1.17 bits per heavy atom. The second-order valence-electron chi connectivity index (χ2n) is 0.378. The number of hydrogen-bond donors (Lipinski definition) is 0. The van der Waals surface area contributed by atoms with Crippen LogP contribution in [0.2, 0.25) is 0 Å². The van der Waals surface area contributed by atoms with Crippen LogP contribution in [0, 0.1) is 0 Å². The Kier molecular flexibility index (Phi) is 4.23. The Bertz CT molecular complexity index is 129. The fraction of sp³-hybridized carbons (Fsp3) is 0. The van der Waals surface area contributed by atoms with Gasteiger partial charge in [-0.05, 0) is 0 Å². The van der Waals surface area contributed by atoms with Gasteiger partial charge in [-0.2, -0.15) is 0 Å². The van der Waals surface area contributed by atoms with Crippen molar-refractivity contribution in [3.05, 3.63) is 0 Å². The van der Waals surface area contributed by atoms with E-state index in [1.165, 1.54) is 0 Å². The van der Waals surface area contributed by atoms with Crippen LogP contribution in [-0.4, -0.2) is 0 Å². The fourth-order valence-electron chi connectivity index (χ4n) is 0. The topological polar surface area (TPSA) is 74.3 Å². The number of rotatable bonds is 0. The van der Waals surface area contributed by atoms with Gasteiger partial charge in [0.1, 0.15) is 0 Å². The van der Waals surface area contributed by atoms with Crippen molar-refractivity contribution in [1.29, 1.82) is 0 Å². The van der Waals surface area contributed by atoms with Gasteiger partial charge in [-0.1, -0.05) is 0 Å². The van der Waals surface area contributed by atoms with Gasteiger partial charge >= 0.3 is 47.5 Å². The van der Waals surface area contributed by atoms with E-state index in [4.69, 9.17) is 15.7 Å². The molecule has 0 aliphatic carbocycles. The van der Waals surface area contributed by atoms with Crippen molar-refractivity contribution in [1.82, 2.24) is 0 Å². The predicted octanol–water partition coefficient (Wildman–Crippen LogP) is -4.54. The summed E-state index contributed by atoms with van der Waals surface area (Å²) in [4.78, 5) is 0. The maximum atomic E-state index is 8.58. The van der Waals surface area contributed by atoms with Crippen LogP contribution in [0.25, 0.3) is 0 Å². The van der Waals surface area contributed by atoms with Crippen molar-refractivity contribution in [2.45, 2.75) is 0 Å². The normalized spacial score (nSPS) is 9.50. The zero-order chi connectivity index (χ0) is 4.50. The fourth-order valence-corrected chi connectivity index (χ4v) is 0. The van der Waals surface area contributed by atoms with E-state index in [2.05, 4.69) is 0 Å². The van der Waals surface area contributed by atoms with E-state index in [1.54, 1.807) is 0 Å². The van der Waals surface area contributed by atoms with Crippen LogP contribution in [0.5, 0.6) is 0 Å². The molecule has 0 rings (SSSR count). The van der Waals surface area contributed by atoms with E-state index < -0.39 is 13.0 Å². The molecule has 0 heterocycles. The molecule has 0 aliphatic heterocycles. The van der Waals surface area contributed by atoms with Gasteiger partial charge in [0.15, 0.2) is 0 Å². The molecule has 0 spiro atoms. The predicted molar refractivity (Wildman–Crippen MR) is 2.06 cm³/mol. The van der Waals surface area contributed by atoms with Crippen LogP contribution in [0.1, 0.15) is 0 Å². The minimum atomic E-state index is -5.62.